The van der Waals surface area contributed by atoms with Gasteiger partial charge >= 0.3 is 0 Å². The van der Waals surface area contributed by atoms with Crippen LogP contribution in [0.5, 0.6) is 0 Å². The van der Waals surface area contributed by atoms with Crippen LogP contribution in [0, 0.1) is 11.8 Å². The SMILES string of the molecule is CC1CCC(CNC2CCc3c(Br)cccc32)CC1. The van der Waals surface area contributed by atoms with Gasteiger partial charge in [0.1, 0.15) is 0 Å². The monoisotopic (exact) mass is 321 g/mol. The van der Waals surface area contributed by atoms with Crippen molar-refractivity contribution in [2.75, 3.05) is 6.54 Å². The molecule has 0 aliphatic heterocycles. The van der Waals surface area contributed by atoms with E-state index < -0.39 is 0 Å². The highest BCUT2D eigenvalue weighted by molar-refractivity contribution is 9.10. The first-order chi connectivity index (χ1) is 9.24. The quantitative estimate of drug-likeness (QED) is 0.838. The molecule has 1 aromatic carbocycles. The fourth-order valence-corrected chi connectivity index (χ4v) is 4.24. The van der Waals surface area contributed by atoms with Crippen molar-refractivity contribution in [3.05, 3.63) is 33.8 Å². The summed E-state index contributed by atoms with van der Waals surface area (Å²) >= 11 is 3.68. The number of rotatable bonds is 3. The first kappa shape index (κ1) is 13.6. The summed E-state index contributed by atoms with van der Waals surface area (Å²) < 4.78 is 1.29. The molecule has 0 spiro atoms. The summed E-state index contributed by atoms with van der Waals surface area (Å²) in [6.07, 6.45) is 8.19. The molecule has 104 valence electrons. The summed E-state index contributed by atoms with van der Waals surface area (Å²) in [6.45, 7) is 3.61. The number of benzene rings is 1. The second-order valence-corrected chi connectivity index (χ2v) is 7.29. The Kier molecular flexibility index (Phi) is 4.28. The molecule has 19 heavy (non-hydrogen) atoms. The Labute approximate surface area is 125 Å². The zero-order valence-electron chi connectivity index (χ0n) is 11.8. The van der Waals surface area contributed by atoms with E-state index in [0.717, 1.165) is 11.8 Å². The Balaban J connectivity index is 1.57. The standard InChI is InChI=1S/C17H24BrN/c1-12-5-7-13(8-6-12)11-19-17-10-9-14-15(17)3-2-4-16(14)18/h2-4,12-13,17,19H,5-11H2,1H3. The smallest absolute Gasteiger partial charge is 0.0326 e. The van der Waals surface area contributed by atoms with Crippen LogP contribution in [0.1, 0.15) is 56.2 Å². The Morgan fingerprint density at radius 1 is 1.16 bits per heavy atom. The van der Waals surface area contributed by atoms with Gasteiger partial charge in [-0.15, -0.1) is 0 Å². The first-order valence-corrected chi connectivity index (χ1v) is 8.54. The van der Waals surface area contributed by atoms with Crippen molar-refractivity contribution in [3.8, 4) is 0 Å². The van der Waals surface area contributed by atoms with E-state index in [2.05, 4.69) is 46.4 Å². The number of nitrogens with one attached hydrogen (secondary N) is 1. The molecule has 0 bridgehead atoms. The molecule has 0 aromatic heterocycles. The summed E-state index contributed by atoms with van der Waals surface area (Å²) in [5.74, 6) is 1.87. The van der Waals surface area contributed by atoms with Crippen LogP contribution >= 0.6 is 15.9 Å². The van der Waals surface area contributed by atoms with Gasteiger partial charge in [0.2, 0.25) is 0 Å². The zero-order valence-corrected chi connectivity index (χ0v) is 13.4. The molecular formula is C17H24BrN. The van der Waals surface area contributed by atoms with Crippen LogP contribution in [0.25, 0.3) is 0 Å². The van der Waals surface area contributed by atoms with Crippen molar-refractivity contribution < 1.29 is 0 Å². The number of hydrogen-bond donors (Lipinski definition) is 1. The van der Waals surface area contributed by atoms with Crippen molar-refractivity contribution in [3.63, 3.8) is 0 Å². The highest BCUT2D eigenvalue weighted by atomic mass is 79.9. The summed E-state index contributed by atoms with van der Waals surface area (Å²) in [6, 6.07) is 7.23. The highest BCUT2D eigenvalue weighted by Crippen LogP contribution is 2.36. The molecule has 1 N–H and O–H groups in total. The van der Waals surface area contributed by atoms with Crippen molar-refractivity contribution >= 4 is 15.9 Å². The molecular weight excluding hydrogens is 298 g/mol. The fraction of sp³-hybridized carbons (Fsp3) is 0.647. The zero-order chi connectivity index (χ0) is 13.2. The third kappa shape index (κ3) is 3.05. The van der Waals surface area contributed by atoms with Crippen LogP contribution in [-0.2, 0) is 6.42 Å². The minimum atomic E-state index is 0.590. The molecule has 2 heteroatoms. The maximum Gasteiger partial charge on any atom is 0.0326 e. The van der Waals surface area contributed by atoms with E-state index in [1.165, 1.54) is 60.7 Å². The van der Waals surface area contributed by atoms with Crippen LogP contribution < -0.4 is 5.32 Å². The molecule has 0 amide bonds. The molecule has 1 saturated carbocycles. The molecule has 1 atom stereocenters. The van der Waals surface area contributed by atoms with Crippen molar-refractivity contribution in [2.45, 2.75) is 51.5 Å². The minimum absolute atomic E-state index is 0.590. The molecule has 1 fully saturated rings. The van der Waals surface area contributed by atoms with Crippen LogP contribution in [0.4, 0.5) is 0 Å². The van der Waals surface area contributed by atoms with E-state index in [-0.39, 0.29) is 0 Å². The number of fused-ring (bicyclic) bond motifs is 1. The van der Waals surface area contributed by atoms with Crippen molar-refractivity contribution in [2.24, 2.45) is 11.8 Å². The van der Waals surface area contributed by atoms with Gasteiger partial charge in [-0.05, 0) is 61.3 Å². The molecule has 2 aliphatic carbocycles. The molecule has 2 aliphatic rings. The maximum atomic E-state index is 3.83. The van der Waals surface area contributed by atoms with Gasteiger partial charge < -0.3 is 5.32 Å². The lowest BCUT2D eigenvalue weighted by molar-refractivity contribution is 0.274. The Hall–Kier alpha value is -0.340. The van der Waals surface area contributed by atoms with Gasteiger partial charge in [-0.2, -0.15) is 0 Å². The summed E-state index contributed by atoms with van der Waals surface area (Å²) in [5.41, 5.74) is 3.05. The first-order valence-electron chi connectivity index (χ1n) is 7.74. The minimum Gasteiger partial charge on any atom is -0.310 e. The third-order valence-corrected chi connectivity index (χ3v) is 5.74. The van der Waals surface area contributed by atoms with Gasteiger partial charge in [0.15, 0.2) is 0 Å². The van der Waals surface area contributed by atoms with Crippen LogP contribution in [0.15, 0.2) is 22.7 Å². The predicted molar refractivity (Wildman–Crippen MR) is 84.3 cm³/mol. The van der Waals surface area contributed by atoms with Crippen LogP contribution in [0.3, 0.4) is 0 Å². The Morgan fingerprint density at radius 3 is 2.74 bits per heavy atom. The van der Waals surface area contributed by atoms with E-state index in [0.29, 0.717) is 6.04 Å². The average molecular weight is 322 g/mol. The van der Waals surface area contributed by atoms with E-state index in [1.807, 2.05) is 0 Å². The van der Waals surface area contributed by atoms with Gasteiger partial charge in [0, 0.05) is 10.5 Å². The van der Waals surface area contributed by atoms with E-state index in [4.69, 9.17) is 0 Å². The third-order valence-electron chi connectivity index (χ3n) is 5.00. The normalized spacial score (nSPS) is 30.3. The topological polar surface area (TPSA) is 12.0 Å². The molecule has 3 rings (SSSR count). The molecule has 1 nitrogen and oxygen atoms in total. The largest absolute Gasteiger partial charge is 0.310 e. The molecule has 1 unspecified atom stereocenters. The molecule has 0 heterocycles. The molecule has 0 radical (unpaired) electrons. The lowest BCUT2D eigenvalue weighted by Gasteiger charge is -2.27. The Morgan fingerprint density at radius 2 is 1.95 bits per heavy atom. The number of halogens is 1. The second kappa shape index (κ2) is 5.97. The van der Waals surface area contributed by atoms with E-state index in [1.54, 1.807) is 0 Å². The van der Waals surface area contributed by atoms with Gasteiger partial charge in [0.25, 0.3) is 0 Å². The summed E-state index contributed by atoms with van der Waals surface area (Å²) in [5, 5.41) is 3.83. The van der Waals surface area contributed by atoms with Crippen molar-refractivity contribution in [1.29, 1.82) is 0 Å². The lowest BCUT2D eigenvalue weighted by Crippen LogP contribution is -2.28. The second-order valence-electron chi connectivity index (χ2n) is 6.43. The van der Waals surface area contributed by atoms with Gasteiger partial charge in [-0.25, -0.2) is 0 Å². The summed E-state index contributed by atoms with van der Waals surface area (Å²) in [4.78, 5) is 0. The average Bonchev–Trinajstić information content (AvgIpc) is 2.83. The van der Waals surface area contributed by atoms with E-state index >= 15 is 0 Å². The van der Waals surface area contributed by atoms with Crippen LogP contribution in [-0.4, -0.2) is 6.54 Å². The van der Waals surface area contributed by atoms with E-state index in [9.17, 15) is 0 Å². The van der Waals surface area contributed by atoms with Crippen molar-refractivity contribution in [1.82, 2.24) is 5.32 Å². The number of hydrogen-bond acceptors (Lipinski definition) is 1. The molecule has 1 aromatic rings. The molecule has 0 saturated heterocycles. The van der Waals surface area contributed by atoms with Gasteiger partial charge in [-0.1, -0.05) is 47.8 Å². The maximum absolute atomic E-state index is 3.83. The Bertz CT molecular complexity index is 435. The van der Waals surface area contributed by atoms with Gasteiger partial charge in [-0.3, -0.25) is 0 Å². The fourth-order valence-electron chi connectivity index (χ4n) is 3.66. The van der Waals surface area contributed by atoms with Crippen LogP contribution in [0.2, 0.25) is 0 Å². The van der Waals surface area contributed by atoms with Gasteiger partial charge in [0.05, 0.1) is 0 Å². The summed E-state index contributed by atoms with van der Waals surface area (Å²) in [7, 11) is 0. The highest BCUT2D eigenvalue weighted by Gasteiger charge is 2.25. The predicted octanol–water partition coefficient (Wildman–Crippen LogP) is 4.85. The lowest BCUT2D eigenvalue weighted by atomic mass is 9.83.